The molecule has 0 spiro atoms. The Hall–Kier alpha value is -2.89. The molecule has 1 aromatic carbocycles. The summed E-state index contributed by atoms with van der Waals surface area (Å²) in [4.78, 5) is 35.3. The molecule has 6 nitrogen and oxygen atoms in total. The third kappa shape index (κ3) is 3.65. The Morgan fingerprint density at radius 3 is 2.30 bits per heavy atom. The summed E-state index contributed by atoms with van der Waals surface area (Å²) in [7, 11) is 0. The Bertz CT molecular complexity index is 814. The van der Waals surface area contributed by atoms with Crippen molar-refractivity contribution in [2.24, 2.45) is 5.92 Å². The molecular formula is C21H24N4O2. The standard InChI is InChI=1S/C21H24N4O2/c1-16-2-4-19(5-3-16)25-15-17(14-20(25)26)21(27)24-12-10-23(11-13-24)18-6-8-22-9-7-18/h2-9,17H,10-15H2,1H3/t17-/m1/s1. The van der Waals surface area contributed by atoms with E-state index in [-0.39, 0.29) is 17.7 Å². The van der Waals surface area contributed by atoms with Crippen molar-refractivity contribution in [3.63, 3.8) is 0 Å². The molecule has 2 fully saturated rings. The lowest BCUT2D eigenvalue weighted by Gasteiger charge is -2.37. The van der Waals surface area contributed by atoms with Gasteiger partial charge in [-0.05, 0) is 31.2 Å². The van der Waals surface area contributed by atoms with Gasteiger partial charge in [0, 0.05) is 62.9 Å². The van der Waals surface area contributed by atoms with Gasteiger partial charge in [-0.25, -0.2) is 0 Å². The molecule has 0 bridgehead atoms. The van der Waals surface area contributed by atoms with E-state index in [1.165, 1.54) is 0 Å². The fourth-order valence-corrected chi connectivity index (χ4v) is 3.85. The van der Waals surface area contributed by atoms with E-state index in [0.717, 1.165) is 30.0 Å². The number of aromatic nitrogens is 1. The number of rotatable bonds is 3. The van der Waals surface area contributed by atoms with E-state index in [4.69, 9.17) is 0 Å². The Morgan fingerprint density at radius 2 is 1.63 bits per heavy atom. The maximum Gasteiger partial charge on any atom is 0.228 e. The van der Waals surface area contributed by atoms with Gasteiger partial charge in [0.15, 0.2) is 0 Å². The second-order valence-electron chi connectivity index (χ2n) is 7.26. The highest BCUT2D eigenvalue weighted by Crippen LogP contribution is 2.27. The fraction of sp³-hybridized carbons (Fsp3) is 0.381. The number of amides is 2. The third-order valence-corrected chi connectivity index (χ3v) is 5.44. The number of aryl methyl sites for hydroxylation is 1. The minimum atomic E-state index is -0.244. The van der Waals surface area contributed by atoms with E-state index in [9.17, 15) is 9.59 Å². The van der Waals surface area contributed by atoms with E-state index in [2.05, 4.69) is 9.88 Å². The number of benzene rings is 1. The Balaban J connectivity index is 1.36. The van der Waals surface area contributed by atoms with Crippen LogP contribution in [-0.2, 0) is 9.59 Å². The summed E-state index contributed by atoms with van der Waals surface area (Å²) in [6.45, 7) is 5.49. The summed E-state index contributed by atoms with van der Waals surface area (Å²) in [6, 6.07) is 11.9. The zero-order valence-corrected chi connectivity index (χ0v) is 15.5. The van der Waals surface area contributed by atoms with Crippen LogP contribution in [0.1, 0.15) is 12.0 Å². The average Bonchev–Trinajstić information content (AvgIpc) is 3.10. The minimum Gasteiger partial charge on any atom is -0.368 e. The second-order valence-corrected chi connectivity index (χ2v) is 7.26. The monoisotopic (exact) mass is 364 g/mol. The predicted octanol–water partition coefficient (Wildman–Crippen LogP) is 2.09. The minimum absolute atomic E-state index is 0.0348. The van der Waals surface area contributed by atoms with Gasteiger partial charge >= 0.3 is 0 Å². The first-order chi connectivity index (χ1) is 13.1. The molecule has 140 valence electrons. The summed E-state index contributed by atoms with van der Waals surface area (Å²) < 4.78 is 0. The average molecular weight is 364 g/mol. The van der Waals surface area contributed by atoms with Crippen LogP contribution >= 0.6 is 0 Å². The van der Waals surface area contributed by atoms with Crippen LogP contribution in [0.5, 0.6) is 0 Å². The van der Waals surface area contributed by atoms with E-state index in [1.54, 1.807) is 17.3 Å². The van der Waals surface area contributed by atoms with Gasteiger partial charge in [0.05, 0.1) is 5.92 Å². The van der Waals surface area contributed by atoms with Gasteiger partial charge in [-0.1, -0.05) is 17.7 Å². The zero-order valence-electron chi connectivity index (χ0n) is 15.5. The van der Waals surface area contributed by atoms with Gasteiger partial charge in [0.2, 0.25) is 11.8 Å². The molecule has 2 amide bonds. The molecule has 0 aliphatic carbocycles. The summed E-state index contributed by atoms with van der Waals surface area (Å²) in [6.07, 6.45) is 3.88. The first kappa shape index (κ1) is 17.5. The first-order valence-corrected chi connectivity index (χ1v) is 9.42. The van der Waals surface area contributed by atoms with Crippen LogP contribution in [0, 0.1) is 12.8 Å². The highest BCUT2D eigenvalue weighted by atomic mass is 16.2. The van der Waals surface area contributed by atoms with Crippen LogP contribution in [0.4, 0.5) is 11.4 Å². The summed E-state index contributed by atoms with van der Waals surface area (Å²) in [5.74, 6) is -0.105. The number of pyridine rings is 1. The number of carbonyl (C=O) groups excluding carboxylic acids is 2. The molecule has 0 saturated carbocycles. The van der Waals surface area contributed by atoms with Crippen molar-refractivity contribution in [2.45, 2.75) is 13.3 Å². The van der Waals surface area contributed by atoms with E-state index in [0.29, 0.717) is 26.1 Å². The lowest BCUT2D eigenvalue weighted by molar-refractivity contribution is -0.136. The predicted molar refractivity (Wildman–Crippen MR) is 105 cm³/mol. The number of anilines is 2. The molecule has 4 rings (SSSR count). The van der Waals surface area contributed by atoms with Gasteiger partial charge in [-0.3, -0.25) is 14.6 Å². The molecule has 1 aromatic heterocycles. The van der Waals surface area contributed by atoms with Crippen molar-refractivity contribution in [1.29, 1.82) is 0 Å². The number of hydrogen-bond donors (Lipinski definition) is 0. The van der Waals surface area contributed by atoms with Gasteiger partial charge in [0.25, 0.3) is 0 Å². The molecule has 0 N–H and O–H groups in total. The summed E-state index contributed by atoms with van der Waals surface area (Å²) in [5, 5.41) is 0. The molecule has 0 unspecified atom stereocenters. The van der Waals surface area contributed by atoms with Crippen LogP contribution in [0.2, 0.25) is 0 Å². The van der Waals surface area contributed by atoms with Crippen LogP contribution in [0.15, 0.2) is 48.8 Å². The zero-order chi connectivity index (χ0) is 18.8. The molecule has 6 heteroatoms. The SMILES string of the molecule is Cc1ccc(N2C[C@H](C(=O)N3CCN(c4ccncc4)CC3)CC2=O)cc1. The smallest absolute Gasteiger partial charge is 0.228 e. The van der Waals surface area contributed by atoms with Gasteiger partial charge in [0.1, 0.15) is 0 Å². The Morgan fingerprint density at radius 1 is 0.963 bits per heavy atom. The number of piperazine rings is 1. The largest absolute Gasteiger partial charge is 0.368 e. The van der Waals surface area contributed by atoms with E-state index in [1.807, 2.05) is 48.2 Å². The van der Waals surface area contributed by atoms with E-state index < -0.39 is 0 Å². The van der Waals surface area contributed by atoms with Crippen LogP contribution < -0.4 is 9.80 Å². The Kier molecular flexibility index (Phi) is 4.79. The second kappa shape index (κ2) is 7.39. The highest BCUT2D eigenvalue weighted by molar-refractivity contribution is 6.00. The molecule has 0 radical (unpaired) electrons. The number of nitrogens with zero attached hydrogens (tertiary/aromatic N) is 4. The fourth-order valence-electron chi connectivity index (χ4n) is 3.85. The normalized spacial score (nSPS) is 20.3. The molecule has 2 aliphatic heterocycles. The maximum absolute atomic E-state index is 12.9. The molecule has 2 aliphatic rings. The van der Waals surface area contributed by atoms with Gasteiger partial charge in [-0.2, -0.15) is 0 Å². The molecule has 3 heterocycles. The Labute approximate surface area is 159 Å². The molecular weight excluding hydrogens is 340 g/mol. The molecule has 27 heavy (non-hydrogen) atoms. The number of carbonyl (C=O) groups is 2. The van der Waals surface area contributed by atoms with Crippen LogP contribution in [-0.4, -0.2) is 54.4 Å². The van der Waals surface area contributed by atoms with Crippen molar-refractivity contribution in [3.05, 3.63) is 54.4 Å². The van der Waals surface area contributed by atoms with Crippen molar-refractivity contribution in [2.75, 3.05) is 42.5 Å². The van der Waals surface area contributed by atoms with E-state index >= 15 is 0 Å². The van der Waals surface area contributed by atoms with Crippen molar-refractivity contribution < 1.29 is 9.59 Å². The van der Waals surface area contributed by atoms with Crippen LogP contribution in [0.3, 0.4) is 0 Å². The number of hydrogen-bond acceptors (Lipinski definition) is 4. The van der Waals surface area contributed by atoms with Crippen molar-refractivity contribution in [1.82, 2.24) is 9.88 Å². The quantitative estimate of drug-likeness (QED) is 0.837. The highest BCUT2D eigenvalue weighted by Gasteiger charge is 2.37. The van der Waals surface area contributed by atoms with Crippen molar-refractivity contribution in [3.8, 4) is 0 Å². The van der Waals surface area contributed by atoms with Crippen LogP contribution in [0.25, 0.3) is 0 Å². The summed E-state index contributed by atoms with van der Waals surface area (Å²) in [5.41, 5.74) is 3.17. The third-order valence-electron chi connectivity index (χ3n) is 5.44. The first-order valence-electron chi connectivity index (χ1n) is 9.42. The molecule has 2 saturated heterocycles. The lowest BCUT2D eigenvalue weighted by atomic mass is 10.1. The molecule has 1 atom stereocenters. The topological polar surface area (TPSA) is 56.8 Å². The maximum atomic E-state index is 12.9. The van der Waals surface area contributed by atoms with Crippen molar-refractivity contribution >= 4 is 23.2 Å². The van der Waals surface area contributed by atoms with Gasteiger partial charge < -0.3 is 14.7 Å². The summed E-state index contributed by atoms with van der Waals surface area (Å²) >= 11 is 0. The lowest BCUT2D eigenvalue weighted by Crippen LogP contribution is -2.50. The van der Waals surface area contributed by atoms with Gasteiger partial charge in [-0.15, -0.1) is 0 Å². The molecule has 2 aromatic rings.